The number of aromatic nitrogens is 1. The van der Waals surface area contributed by atoms with Gasteiger partial charge in [-0.2, -0.15) is 0 Å². The molecule has 0 aromatic carbocycles. The Labute approximate surface area is 130 Å². The van der Waals surface area contributed by atoms with E-state index in [1.165, 1.54) is 37.8 Å². The predicted molar refractivity (Wildman–Crippen MR) is 90.8 cm³/mol. The van der Waals surface area contributed by atoms with Crippen LogP contribution in [0.4, 0.5) is 5.69 Å². The lowest BCUT2D eigenvalue weighted by atomic mass is 10.0. The number of hydrogen-bond acceptors (Lipinski definition) is 3. The van der Waals surface area contributed by atoms with Crippen molar-refractivity contribution in [3.8, 4) is 0 Å². The molecule has 118 valence electrons. The third kappa shape index (κ3) is 5.66. The van der Waals surface area contributed by atoms with Crippen LogP contribution in [0.3, 0.4) is 0 Å². The van der Waals surface area contributed by atoms with Gasteiger partial charge in [0.15, 0.2) is 0 Å². The average Bonchev–Trinajstić information content (AvgIpc) is 2.48. The normalized spacial score (nSPS) is 18.2. The number of anilines is 1. The van der Waals surface area contributed by atoms with Gasteiger partial charge in [0.25, 0.3) is 0 Å². The summed E-state index contributed by atoms with van der Waals surface area (Å²) in [5.41, 5.74) is 1.31. The van der Waals surface area contributed by atoms with Crippen LogP contribution < -0.4 is 10.2 Å². The molecule has 0 spiro atoms. The quantitative estimate of drug-likeness (QED) is 0.826. The van der Waals surface area contributed by atoms with Crippen LogP contribution in [0.1, 0.15) is 52.9 Å². The van der Waals surface area contributed by atoms with Gasteiger partial charge in [0.05, 0.1) is 0 Å². The second kappa shape index (κ2) is 8.38. The lowest BCUT2D eigenvalue weighted by molar-refractivity contribution is 0.356. The van der Waals surface area contributed by atoms with Gasteiger partial charge in [0.2, 0.25) is 0 Å². The van der Waals surface area contributed by atoms with Crippen LogP contribution in [0.5, 0.6) is 0 Å². The van der Waals surface area contributed by atoms with Gasteiger partial charge in [-0.1, -0.05) is 26.7 Å². The number of nitrogens with one attached hydrogen (secondary N) is 1. The Hall–Kier alpha value is -1.09. The van der Waals surface area contributed by atoms with Crippen LogP contribution in [0.25, 0.3) is 0 Å². The fourth-order valence-corrected chi connectivity index (χ4v) is 3.18. The number of piperidine rings is 1. The van der Waals surface area contributed by atoms with Gasteiger partial charge in [-0.05, 0) is 44.2 Å². The molecule has 1 aromatic heterocycles. The number of rotatable bonds is 7. The van der Waals surface area contributed by atoms with Crippen molar-refractivity contribution in [1.29, 1.82) is 0 Å². The maximum Gasteiger partial charge on any atom is 0.0397 e. The molecule has 21 heavy (non-hydrogen) atoms. The molecular formula is C18H31N3. The van der Waals surface area contributed by atoms with Crippen molar-refractivity contribution >= 4 is 5.69 Å². The summed E-state index contributed by atoms with van der Waals surface area (Å²) < 4.78 is 0. The molecule has 3 heteroatoms. The summed E-state index contributed by atoms with van der Waals surface area (Å²) >= 11 is 0. The topological polar surface area (TPSA) is 28.2 Å². The zero-order valence-corrected chi connectivity index (χ0v) is 13.9. The molecule has 0 radical (unpaired) electrons. The Morgan fingerprint density at radius 3 is 2.43 bits per heavy atom. The van der Waals surface area contributed by atoms with E-state index in [4.69, 9.17) is 0 Å². The summed E-state index contributed by atoms with van der Waals surface area (Å²) in [7, 11) is 0. The summed E-state index contributed by atoms with van der Waals surface area (Å²) in [5.74, 6) is 0.834. The molecule has 0 amide bonds. The molecule has 0 bridgehead atoms. The van der Waals surface area contributed by atoms with Crippen molar-refractivity contribution in [3.63, 3.8) is 0 Å². The molecule has 1 aliphatic heterocycles. The molecule has 1 atom stereocenters. The Morgan fingerprint density at radius 1 is 1.14 bits per heavy atom. The second-order valence-electron chi connectivity index (χ2n) is 6.86. The van der Waals surface area contributed by atoms with E-state index in [1.807, 2.05) is 12.4 Å². The molecule has 1 fully saturated rings. The van der Waals surface area contributed by atoms with E-state index in [0.717, 1.165) is 19.0 Å². The van der Waals surface area contributed by atoms with Gasteiger partial charge in [0, 0.05) is 43.3 Å². The average molecular weight is 289 g/mol. The highest BCUT2D eigenvalue weighted by molar-refractivity contribution is 5.44. The third-order valence-electron chi connectivity index (χ3n) is 4.46. The van der Waals surface area contributed by atoms with Crippen molar-refractivity contribution in [3.05, 3.63) is 24.5 Å². The minimum atomic E-state index is 0.654. The molecular weight excluding hydrogens is 258 g/mol. The first kappa shape index (κ1) is 16.3. The van der Waals surface area contributed by atoms with Gasteiger partial charge in [-0.3, -0.25) is 4.98 Å². The summed E-state index contributed by atoms with van der Waals surface area (Å²) in [4.78, 5) is 6.57. The van der Waals surface area contributed by atoms with Crippen molar-refractivity contribution in [2.45, 2.75) is 65.0 Å². The Bertz CT molecular complexity index is 383. The van der Waals surface area contributed by atoms with Crippen molar-refractivity contribution in [2.24, 2.45) is 5.92 Å². The van der Waals surface area contributed by atoms with Crippen molar-refractivity contribution in [2.75, 3.05) is 18.0 Å². The molecule has 0 saturated carbocycles. The summed E-state index contributed by atoms with van der Waals surface area (Å²) in [5, 5.41) is 3.83. The zero-order chi connectivity index (χ0) is 15.1. The summed E-state index contributed by atoms with van der Waals surface area (Å²) in [6.45, 7) is 9.27. The highest BCUT2D eigenvalue weighted by Crippen LogP contribution is 2.19. The molecule has 1 N–H and O–H groups in total. The maximum absolute atomic E-state index is 4.10. The van der Waals surface area contributed by atoms with Gasteiger partial charge in [-0.15, -0.1) is 0 Å². The van der Waals surface area contributed by atoms with E-state index in [-0.39, 0.29) is 0 Å². The standard InChI is InChI=1S/C18H31N3/c1-15(2)5-4-6-16(3)20-17-9-13-21(14-10-17)18-7-11-19-12-8-18/h7-8,11-12,15-17,20H,4-6,9-10,13-14H2,1-3H3. The molecule has 0 aliphatic carbocycles. The zero-order valence-electron chi connectivity index (χ0n) is 13.9. The predicted octanol–water partition coefficient (Wildman–Crippen LogP) is 3.85. The lowest BCUT2D eigenvalue weighted by Crippen LogP contribution is -2.45. The van der Waals surface area contributed by atoms with Gasteiger partial charge in [-0.25, -0.2) is 0 Å². The Kier molecular flexibility index (Phi) is 6.50. The second-order valence-corrected chi connectivity index (χ2v) is 6.86. The van der Waals surface area contributed by atoms with Crippen molar-refractivity contribution < 1.29 is 0 Å². The van der Waals surface area contributed by atoms with Gasteiger partial charge in [0.1, 0.15) is 0 Å². The summed E-state index contributed by atoms with van der Waals surface area (Å²) in [6.07, 6.45) is 10.3. The first-order chi connectivity index (χ1) is 10.1. The van der Waals surface area contributed by atoms with E-state index in [1.54, 1.807) is 0 Å². The lowest BCUT2D eigenvalue weighted by Gasteiger charge is -2.35. The van der Waals surface area contributed by atoms with E-state index >= 15 is 0 Å². The highest BCUT2D eigenvalue weighted by atomic mass is 15.1. The van der Waals surface area contributed by atoms with E-state index < -0.39 is 0 Å². The van der Waals surface area contributed by atoms with Crippen LogP contribution in [0.15, 0.2) is 24.5 Å². The van der Waals surface area contributed by atoms with E-state index in [9.17, 15) is 0 Å². The Balaban J connectivity index is 1.67. The van der Waals surface area contributed by atoms with E-state index in [0.29, 0.717) is 12.1 Å². The van der Waals surface area contributed by atoms with E-state index in [2.05, 4.69) is 48.1 Å². The van der Waals surface area contributed by atoms with Crippen molar-refractivity contribution in [1.82, 2.24) is 10.3 Å². The monoisotopic (exact) mass is 289 g/mol. The minimum Gasteiger partial charge on any atom is -0.371 e. The third-order valence-corrected chi connectivity index (χ3v) is 4.46. The smallest absolute Gasteiger partial charge is 0.0397 e. The highest BCUT2D eigenvalue weighted by Gasteiger charge is 2.20. The molecule has 3 nitrogen and oxygen atoms in total. The van der Waals surface area contributed by atoms with Gasteiger partial charge >= 0.3 is 0 Å². The first-order valence-electron chi connectivity index (χ1n) is 8.56. The van der Waals surface area contributed by atoms with Crippen LogP contribution in [0, 0.1) is 5.92 Å². The van der Waals surface area contributed by atoms with Gasteiger partial charge < -0.3 is 10.2 Å². The van der Waals surface area contributed by atoms with Crippen LogP contribution in [-0.2, 0) is 0 Å². The molecule has 1 aromatic rings. The molecule has 1 aliphatic rings. The molecule has 2 heterocycles. The minimum absolute atomic E-state index is 0.654. The summed E-state index contributed by atoms with van der Waals surface area (Å²) in [6, 6.07) is 5.57. The van der Waals surface area contributed by atoms with Crippen LogP contribution >= 0.6 is 0 Å². The molecule has 1 unspecified atom stereocenters. The number of pyridine rings is 1. The molecule has 1 saturated heterocycles. The van der Waals surface area contributed by atoms with Crippen LogP contribution in [0.2, 0.25) is 0 Å². The largest absolute Gasteiger partial charge is 0.371 e. The number of hydrogen-bond donors (Lipinski definition) is 1. The fraction of sp³-hybridized carbons (Fsp3) is 0.722. The molecule has 2 rings (SSSR count). The fourth-order valence-electron chi connectivity index (χ4n) is 3.18. The SMILES string of the molecule is CC(C)CCCC(C)NC1CCN(c2ccncc2)CC1. The maximum atomic E-state index is 4.10. The number of nitrogens with zero attached hydrogens (tertiary/aromatic N) is 2. The Morgan fingerprint density at radius 2 is 1.81 bits per heavy atom. The van der Waals surface area contributed by atoms with Crippen LogP contribution in [-0.4, -0.2) is 30.2 Å². The first-order valence-corrected chi connectivity index (χ1v) is 8.56.